The fourth-order valence-electron chi connectivity index (χ4n) is 1.01. The third-order valence-electron chi connectivity index (χ3n) is 1.72. The highest BCUT2D eigenvalue weighted by atomic mass is 35.5. The summed E-state index contributed by atoms with van der Waals surface area (Å²) in [7, 11) is 0. The molecule has 0 aliphatic heterocycles. The van der Waals surface area contributed by atoms with Crippen molar-refractivity contribution in [2.45, 2.75) is 11.8 Å². The number of hydrazine groups is 1. The van der Waals surface area contributed by atoms with Gasteiger partial charge in [-0.3, -0.25) is 20.4 Å². The van der Waals surface area contributed by atoms with Gasteiger partial charge >= 0.3 is 0 Å². The second-order valence-corrected chi connectivity index (χ2v) is 4.57. The molecule has 0 heterocycles. The summed E-state index contributed by atoms with van der Waals surface area (Å²) in [6.07, 6.45) is 0. The summed E-state index contributed by atoms with van der Waals surface area (Å²) >= 11 is 7.15. The van der Waals surface area contributed by atoms with E-state index in [9.17, 15) is 9.59 Å². The molecule has 1 aromatic rings. The zero-order valence-corrected chi connectivity index (χ0v) is 10.7. The Labute approximate surface area is 108 Å². The first-order valence-electron chi connectivity index (χ1n) is 4.73. The van der Waals surface area contributed by atoms with Crippen molar-refractivity contribution >= 4 is 40.9 Å². The number of halogens is 1. The number of anilines is 1. The van der Waals surface area contributed by atoms with Crippen LogP contribution in [-0.2, 0) is 9.59 Å². The van der Waals surface area contributed by atoms with Crippen LogP contribution >= 0.6 is 23.4 Å². The largest absolute Gasteiger partial charge is 0.398 e. The van der Waals surface area contributed by atoms with Crippen molar-refractivity contribution in [2.24, 2.45) is 0 Å². The number of carbonyl (C=O) groups is 2. The van der Waals surface area contributed by atoms with Crippen LogP contribution in [0, 0.1) is 0 Å². The number of hydrogen-bond donors (Lipinski definition) is 3. The Morgan fingerprint density at radius 2 is 2.12 bits per heavy atom. The number of nitrogen functional groups attached to an aromatic ring is 1. The molecule has 7 heteroatoms. The van der Waals surface area contributed by atoms with Crippen LogP contribution < -0.4 is 16.6 Å². The molecule has 17 heavy (non-hydrogen) atoms. The van der Waals surface area contributed by atoms with Gasteiger partial charge in [0.05, 0.1) is 10.8 Å². The summed E-state index contributed by atoms with van der Waals surface area (Å²) in [6.45, 7) is 1.31. The van der Waals surface area contributed by atoms with Crippen LogP contribution in [0.15, 0.2) is 23.1 Å². The number of nitrogens with two attached hydrogens (primary N) is 1. The molecule has 0 saturated heterocycles. The van der Waals surface area contributed by atoms with Crippen LogP contribution in [0.2, 0.25) is 5.02 Å². The van der Waals surface area contributed by atoms with Crippen LogP contribution in [0.5, 0.6) is 0 Å². The zero-order valence-electron chi connectivity index (χ0n) is 9.12. The second kappa shape index (κ2) is 6.36. The van der Waals surface area contributed by atoms with Gasteiger partial charge in [-0.05, 0) is 12.1 Å². The van der Waals surface area contributed by atoms with Crippen LogP contribution in [0.3, 0.4) is 0 Å². The van der Waals surface area contributed by atoms with E-state index in [2.05, 4.69) is 10.9 Å². The van der Waals surface area contributed by atoms with Crippen molar-refractivity contribution in [3.05, 3.63) is 23.2 Å². The quantitative estimate of drug-likeness (QED) is 0.439. The smallest absolute Gasteiger partial charge is 0.248 e. The molecule has 5 nitrogen and oxygen atoms in total. The van der Waals surface area contributed by atoms with E-state index < -0.39 is 0 Å². The zero-order chi connectivity index (χ0) is 12.8. The molecule has 0 radical (unpaired) electrons. The maximum absolute atomic E-state index is 11.3. The van der Waals surface area contributed by atoms with E-state index in [4.69, 9.17) is 17.3 Å². The van der Waals surface area contributed by atoms with Crippen molar-refractivity contribution < 1.29 is 9.59 Å². The van der Waals surface area contributed by atoms with E-state index in [0.29, 0.717) is 15.6 Å². The Balaban J connectivity index is 2.50. The maximum atomic E-state index is 11.3. The molecule has 1 rings (SSSR count). The average Bonchev–Trinajstić information content (AvgIpc) is 2.25. The first kappa shape index (κ1) is 13.7. The molecular weight excluding hydrogens is 262 g/mol. The lowest BCUT2D eigenvalue weighted by molar-refractivity contribution is -0.126. The first-order valence-corrected chi connectivity index (χ1v) is 6.09. The van der Waals surface area contributed by atoms with Crippen molar-refractivity contribution in [2.75, 3.05) is 11.5 Å². The Morgan fingerprint density at radius 1 is 1.41 bits per heavy atom. The molecule has 92 valence electrons. The van der Waals surface area contributed by atoms with E-state index in [0.717, 1.165) is 0 Å². The number of nitrogens with one attached hydrogen (secondary N) is 2. The summed E-state index contributed by atoms with van der Waals surface area (Å²) in [5.74, 6) is -0.543. The molecular formula is C10H12ClN3O2S. The van der Waals surface area contributed by atoms with Gasteiger partial charge in [0.15, 0.2) is 0 Å². The van der Waals surface area contributed by atoms with Gasteiger partial charge < -0.3 is 5.73 Å². The first-order chi connectivity index (χ1) is 8.00. The van der Waals surface area contributed by atoms with Crippen molar-refractivity contribution in [1.29, 1.82) is 0 Å². The minimum Gasteiger partial charge on any atom is -0.398 e. The van der Waals surface area contributed by atoms with Gasteiger partial charge in [0.25, 0.3) is 0 Å². The molecule has 0 atom stereocenters. The molecule has 0 unspecified atom stereocenters. The third-order valence-corrected chi connectivity index (χ3v) is 3.30. The molecule has 0 saturated carbocycles. The topological polar surface area (TPSA) is 84.2 Å². The lowest BCUT2D eigenvalue weighted by Gasteiger charge is -2.08. The Bertz CT molecular complexity index is 419. The van der Waals surface area contributed by atoms with Gasteiger partial charge in [0.2, 0.25) is 11.8 Å². The monoisotopic (exact) mass is 273 g/mol. The average molecular weight is 274 g/mol. The number of benzene rings is 1. The molecule has 2 amide bonds. The standard InChI is InChI=1S/C10H12ClN3O2S/c1-6(15)13-14-9(16)5-17-10-7(11)3-2-4-8(10)12/h2-4H,5,12H2,1H3,(H,13,15)(H,14,16). The van der Waals surface area contributed by atoms with Crippen LogP contribution in [0.1, 0.15) is 6.92 Å². The SMILES string of the molecule is CC(=O)NNC(=O)CSc1c(N)cccc1Cl. The molecule has 0 aliphatic carbocycles. The predicted octanol–water partition coefficient (Wildman–Crippen LogP) is 1.18. The minimum absolute atomic E-state index is 0.119. The summed E-state index contributed by atoms with van der Waals surface area (Å²) in [6, 6.07) is 5.14. The van der Waals surface area contributed by atoms with Gasteiger partial charge in [-0.25, -0.2) is 0 Å². The molecule has 0 spiro atoms. The van der Waals surface area contributed by atoms with Gasteiger partial charge in [-0.15, -0.1) is 11.8 Å². The minimum atomic E-state index is -0.333. The van der Waals surface area contributed by atoms with Crippen molar-refractivity contribution in [1.82, 2.24) is 10.9 Å². The maximum Gasteiger partial charge on any atom is 0.248 e. The highest BCUT2D eigenvalue weighted by Crippen LogP contribution is 2.31. The highest BCUT2D eigenvalue weighted by molar-refractivity contribution is 8.00. The van der Waals surface area contributed by atoms with Crippen molar-refractivity contribution in [3.8, 4) is 0 Å². The molecule has 0 bridgehead atoms. The van der Waals surface area contributed by atoms with Crippen LogP contribution in [0.4, 0.5) is 5.69 Å². The summed E-state index contributed by atoms with van der Waals surface area (Å²) < 4.78 is 0. The Kier molecular flexibility index (Phi) is 5.11. The van der Waals surface area contributed by atoms with E-state index in [1.54, 1.807) is 18.2 Å². The fourth-order valence-corrected chi connectivity index (χ4v) is 2.14. The van der Waals surface area contributed by atoms with E-state index >= 15 is 0 Å². The summed E-state index contributed by atoms with van der Waals surface area (Å²) in [4.78, 5) is 22.5. The lowest BCUT2D eigenvalue weighted by Crippen LogP contribution is -2.41. The van der Waals surface area contributed by atoms with Gasteiger partial charge in [0.1, 0.15) is 0 Å². The summed E-state index contributed by atoms with van der Waals surface area (Å²) in [5, 5.41) is 0.502. The second-order valence-electron chi connectivity index (χ2n) is 3.18. The molecule has 0 aromatic heterocycles. The van der Waals surface area contributed by atoms with Crippen molar-refractivity contribution in [3.63, 3.8) is 0 Å². The summed E-state index contributed by atoms with van der Waals surface area (Å²) in [5.41, 5.74) is 10.7. The third kappa shape index (κ3) is 4.54. The van der Waals surface area contributed by atoms with E-state index in [1.165, 1.54) is 18.7 Å². The van der Waals surface area contributed by atoms with E-state index in [1.807, 2.05) is 0 Å². The number of amides is 2. The Morgan fingerprint density at radius 3 is 2.71 bits per heavy atom. The number of rotatable bonds is 3. The van der Waals surface area contributed by atoms with Gasteiger partial charge in [0, 0.05) is 17.5 Å². The van der Waals surface area contributed by atoms with Gasteiger partial charge in [-0.1, -0.05) is 17.7 Å². The molecule has 0 aliphatic rings. The van der Waals surface area contributed by atoms with E-state index in [-0.39, 0.29) is 17.6 Å². The number of hydrogen-bond acceptors (Lipinski definition) is 4. The number of carbonyl (C=O) groups excluding carboxylic acids is 2. The van der Waals surface area contributed by atoms with Crippen LogP contribution in [0.25, 0.3) is 0 Å². The molecule has 4 N–H and O–H groups in total. The lowest BCUT2D eigenvalue weighted by atomic mass is 10.3. The predicted molar refractivity (Wildman–Crippen MR) is 68.5 cm³/mol. The highest BCUT2D eigenvalue weighted by Gasteiger charge is 2.08. The number of thioether (sulfide) groups is 1. The molecule has 1 aromatic carbocycles. The Hall–Kier alpha value is -1.40. The fraction of sp³-hybridized carbons (Fsp3) is 0.200. The van der Waals surface area contributed by atoms with Crippen LogP contribution in [-0.4, -0.2) is 17.6 Å². The molecule has 0 fully saturated rings. The normalized spacial score (nSPS) is 9.76. The van der Waals surface area contributed by atoms with Gasteiger partial charge in [-0.2, -0.15) is 0 Å².